The summed E-state index contributed by atoms with van der Waals surface area (Å²) in [6.45, 7) is 0. The third-order valence-corrected chi connectivity index (χ3v) is 4.42. The Kier molecular flexibility index (Phi) is 5.58. The highest BCUT2D eigenvalue weighted by atomic mass is 32.2. The Balaban J connectivity index is 2.11. The number of nitrogens with two attached hydrogens (primary N) is 1. The van der Waals surface area contributed by atoms with Gasteiger partial charge < -0.3 is 15.4 Å². The molecular weight excluding hydrogens is 358 g/mol. The van der Waals surface area contributed by atoms with Gasteiger partial charge in [0.2, 0.25) is 0 Å². The van der Waals surface area contributed by atoms with Gasteiger partial charge in [-0.15, -0.1) is 11.8 Å². The molecule has 1 heterocycles. The van der Waals surface area contributed by atoms with E-state index < -0.39 is 17.7 Å². The van der Waals surface area contributed by atoms with Crippen molar-refractivity contribution < 1.29 is 18.3 Å². The van der Waals surface area contributed by atoms with Crippen molar-refractivity contribution in [3.63, 3.8) is 0 Å². The van der Waals surface area contributed by atoms with Gasteiger partial charge >= 0.3 is 6.09 Å². The van der Waals surface area contributed by atoms with Gasteiger partial charge in [-0.3, -0.25) is 0 Å². The van der Waals surface area contributed by atoms with Crippen LogP contribution in [0.4, 0.5) is 19.3 Å². The van der Waals surface area contributed by atoms with E-state index in [0.29, 0.717) is 5.75 Å². The molecule has 0 radical (unpaired) electrons. The minimum absolute atomic E-state index is 0.0603. The average Bonchev–Trinajstić information content (AvgIpc) is 2.88. The fourth-order valence-corrected chi connectivity index (χ4v) is 3.13. The molecule has 0 atom stereocenters. The van der Waals surface area contributed by atoms with Crippen molar-refractivity contribution in [2.75, 3.05) is 10.7 Å². The van der Waals surface area contributed by atoms with Gasteiger partial charge in [-0.1, -0.05) is 36.4 Å². The summed E-state index contributed by atoms with van der Waals surface area (Å²) in [5, 5.41) is 1.75. The molecule has 1 aliphatic heterocycles. The first-order valence-electron chi connectivity index (χ1n) is 7.81. The molecule has 3 rings (SSSR count). The van der Waals surface area contributed by atoms with Gasteiger partial charge in [0.1, 0.15) is 11.4 Å². The summed E-state index contributed by atoms with van der Waals surface area (Å²) in [6, 6.07) is 10.0. The van der Waals surface area contributed by atoms with E-state index in [9.17, 15) is 9.18 Å². The van der Waals surface area contributed by atoms with E-state index in [0.717, 1.165) is 11.6 Å². The summed E-state index contributed by atoms with van der Waals surface area (Å²) < 4.78 is 34.7. The van der Waals surface area contributed by atoms with Gasteiger partial charge in [0.25, 0.3) is 0 Å². The van der Waals surface area contributed by atoms with Crippen molar-refractivity contribution in [2.24, 2.45) is 5.73 Å². The molecule has 1 aliphatic rings. The van der Waals surface area contributed by atoms with Crippen molar-refractivity contribution in [2.45, 2.75) is 6.42 Å². The molecule has 2 aromatic carbocycles. The zero-order chi connectivity index (χ0) is 18.5. The van der Waals surface area contributed by atoms with Crippen LogP contribution in [0.3, 0.4) is 0 Å². The maximum Gasteiger partial charge on any atom is 0.409 e. The van der Waals surface area contributed by atoms with Crippen molar-refractivity contribution >= 4 is 23.5 Å². The molecule has 4 nitrogen and oxygen atoms in total. The number of amides is 1. The molecule has 0 fully saturated rings. The maximum absolute atomic E-state index is 15.3. The number of thioether (sulfide) groups is 1. The normalized spacial score (nSPS) is 13.5. The number of halogens is 2. The Bertz CT molecular complexity index is 856. The van der Waals surface area contributed by atoms with Gasteiger partial charge in [0.15, 0.2) is 11.6 Å². The van der Waals surface area contributed by atoms with E-state index in [1.807, 2.05) is 18.2 Å². The van der Waals surface area contributed by atoms with Crippen LogP contribution in [0, 0.1) is 11.6 Å². The minimum atomic E-state index is -1.13. The summed E-state index contributed by atoms with van der Waals surface area (Å²) in [6.07, 6.45) is 3.97. The van der Waals surface area contributed by atoms with Crippen LogP contribution in [0.15, 0.2) is 60.3 Å². The third kappa shape index (κ3) is 4.05. The molecule has 2 N–H and O–H groups in total. The maximum atomic E-state index is 15.3. The number of rotatable bonds is 4. The summed E-state index contributed by atoms with van der Waals surface area (Å²) in [5.41, 5.74) is 5.66. The smallest absolute Gasteiger partial charge is 0.409 e. The average molecular weight is 374 g/mol. The van der Waals surface area contributed by atoms with E-state index in [4.69, 9.17) is 10.5 Å². The van der Waals surface area contributed by atoms with E-state index in [1.54, 1.807) is 36.0 Å². The van der Waals surface area contributed by atoms with Crippen LogP contribution in [0.5, 0.6) is 5.75 Å². The Morgan fingerprint density at radius 2 is 2.00 bits per heavy atom. The lowest BCUT2D eigenvalue weighted by atomic mass is 10.0. The summed E-state index contributed by atoms with van der Waals surface area (Å²) >= 11 is 1.50. The Labute approximate surface area is 153 Å². The first kappa shape index (κ1) is 18.0. The van der Waals surface area contributed by atoms with Gasteiger partial charge in [0.05, 0.1) is 0 Å². The molecule has 0 saturated heterocycles. The number of primary amides is 1. The van der Waals surface area contributed by atoms with Crippen LogP contribution < -0.4 is 15.4 Å². The highest BCUT2D eigenvalue weighted by Gasteiger charge is 2.23. The van der Waals surface area contributed by atoms with Crippen molar-refractivity contribution in [3.05, 3.63) is 83.0 Å². The molecule has 26 heavy (non-hydrogen) atoms. The summed E-state index contributed by atoms with van der Waals surface area (Å²) in [5.74, 6) is -1.17. The quantitative estimate of drug-likeness (QED) is 0.853. The first-order chi connectivity index (χ1) is 12.6. The zero-order valence-electron chi connectivity index (χ0n) is 13.7. The molecule has 0 saturated carbocycles. The summed E-state index contributed by atoms with van der Waals surface area (Å²) in [4.78, 5) is 12.5. The van der Waals surface area contributed by atoms with Gasteiger partial charge in [0, 0.05) is 36.2 Å². The SMILES string of the molecule is NC(=O)Oc1cc(F)c(N2C=CCSC=C2)c(F)c1Cc1ccccc1. The predicted octanol–water partition coefficient (Wildman–Crippen LogP) is 4.55. The number of anilines is 1. The van der Waals surface area contributed by atoms with Crippen molar-refractivity contribution in [3.8, 4) is 5.75 Å². The van der Waals surface area contributed by atoms with E-state index in [-0.39, 0.29) is 23.4 Å². The van der Waals surface area contributed by atoms with E-state index in [1.165, 1.54) is 16.7 Å². The lowest BCUT2D eigenvalue weighted by Gasteiger charge is -2.20. The highest BCUT2D eigenvalue weighted by Crippen LogP contribution is 2.35. The molecule has 0 unspecified atom stereocenters. The lowest BCUT2D eigenvalue weighted by molar-refractivity contribution is 0.210. The topological polar surface area (TPSA) is 55.6 Å². The van der Waals surface area contributed by atoms with Crippen LogP contribution in [0.1, 0.15) is 11.1 Å². The second-order valence-electron chi connectivity index (χ2n) is 5.49. The second-order valence-corrected chi connectivity index (χ2v) is 6.43. The van der Waals surface area contributed by atoms with Gasteiger partial charge in [-0.2, -0.15) is 0 Å². The monoisotopic (exact) mass is 374 g/mol. The van der Waals surface area contributed by atoms with Crippen LogP contribution >= 0.6 is 11.8 Å². The van der Waals surface area contributed by atoms with Crippen LogP contribution in [-0.2, 0) is 6.42 Å². The Morgan fingerprint density at radius 3 is 2.73 bits per heavy atom. The molecule has 0 aliphatic carbocycles. The molecule has 1 amide bonds. The van der Waals surface area contributed by atoms with Gasteiger partial charge in [-0.05, 0) is 11.0 Å². The molecule has 134 valence electrons. The van der Waals surface area contributed by atoms with Crippen molar-refractivity contribution in [1.29, 1.82) is 0 Å². The molecule has 0 spiro atoms. The third-order valence-electron chi connectivity index (χ3n) is 3.72. The van der Waals surface area contributed by atoms with Crippen LogP contribution in [0.2, 0.25) is 0 Å². The second kappa shape index (κ2) is 8.05. The standard InChI is InChI=1S/C19H16F2N2O2S/c20-15-12-16(25-19(22)24)14(11-13-5-2-1-3-6-13)17(21)18(15)23-7-4-9-26-10-8-23/h1-8,10,12H,9,11H2,(H2,22,24). The molecule has 0 aromatic heterocycles. The number of carbonyl (C=O) groups is 1. The van der Waals surface area contributed by atoms with E-state index >= 15 is 4.39 Å². The largest absolute Gasteiger partial charge is 0.410 e. The predicted molar refractivity (Wildman–Crippen MR) is 99.0 cm³/mol. The number of carbonyl (C=O) groups excluding carboxylic acids is 1. The number of benzene rings is 2. The van der Waals surface area contributed by atoms with Crippen LogP contribution in [-0.4, -0.2) is 11.8 Å². The molecule has 2 aromatic rings. The molecular formula is C19H16F2N2O2S. The summed E-state index contributed by atoms with van der Waals surface area (Å²) in [7, 11) is 0. The van der Waals surface area contributed by atoms with Crippen molar-refractivity contribution in [1.82, 2.24) is 0 Å². The van der Waals surface area contributed by atoms with Gasteiger partial charge in [-0.25, -0.2) is 13.6 Å². The number of ether oxygens (including phenoxy) is 1. The van der Waals surface area contributed by atoms with Crippen LogP contribution in [0.25, 0.3) is 0 Å². The Hall–Kier alpha value is -2.80. The first-order valence-corrected chi connectivity index (χ1v) is 8.86. The van der Waals surface area contributed by atoms with E-state index in [2.05, 4.69) is 0 Å². The number of hydrogen-bond acceptors (Lipinski definition) is 4. The minimum Gasteiger partial charge on any atom is -0.410 e. The molecule has 7 heteroatoms. The highest BCUT2D eigenvalue weighted by molar-refractivity contribution is 8.02. The fourth-order valence-electron chi connectivity index (χ4n) is 2.60. The number of nitrogens with zero attached hydrogens (tertiary/aromatic N) is 1. The number of hydrogen-bond donors (Lipinski definition) is 1. The Morgan fingerprint density at radius 1 is 1.23 bits per heavy atom. The zero-order valence-corrected chi connectivity index (χ0v) is 14.5. The fraction of sp³-hybridized carbons (Fsp3) is 0.105. The molecule has 0 bridgehead atoms. The lowest BCUT2D eigenvalue weighted by Crippen LogP contribution is -2.19.